The van der Waals surface area contributed by atoms with Crippen LogP contribution < -0.4 is 10.2 Å². The molecule has 0 fully saturated rings. The van der Waals surface area contributed by atoms with Crippen LogP contribution in [0.4, 0.5) is 17.2 Å². The number of nitrogens with one attached hydrogen (secondary N) is 1. The third-order valence-electron chi connectivity index (χ3n) is 4.19. The summed E-state index contributed by atoms with van der Waals surface area (Å²) in [5.41, 5.74) is 2.30. The number of amides is 1. The lowest BCUT2D eigenvalue weighted by molar-refractivity contribution is -0.384. The van der Waals surface area contributed by atoms with Crippen LogP contribution in [0.5, 0.6) is 0 Å². The number of benzene rings is 1. The van der Waals surface area contributed by atoms with Gasteiger partial charge in [-0.1, -0.05) is 18.2 Å². The average molecular weight is 329 g/mol. The minimum absolute atomic E-state index is 0.0197. The molecular weight excluding hydrogens is 310 g/mol. The number of hydrogen-bond acceptors (Lipinski definition) is 5. The molecule has 8 heteroatoms. The molecule has 0 saturated carbocycles. The van der Waals surface area contributed by atoms with Crippen molar-refractivity contribution in [1.29, 1.82) is 0 Å². The van der Waals surface area contributed by atoms with Crippen LogP contribution in [0.1, 0.15) is 17.7 Å². The molecule has 1 aromatic heterocycles. The highest BCUT2D eigenvalue weighted by atomic mass is 16.6. The molecule has 2 heterocycles. The topological polar surface area (TPSA) is 93.3 Å². The van der Waals surface area contributed by atoms with E-state index in [0.717, 1.165) is 24.1 Å². The van der Waals surface area contributed by atoms with Crippen molar-refractivity contribution in [3.8, 4) is 0 Å². The van der Waals surface area contributed by atoms with E-state index in [2.05, 4.69) is 10.4 Å². The summed E-state index contributed by atoms with van der Waals surface area (Å²) >= 11 is 0. The minimum atomic E-state index is -0.481. The van der Waals surface area contributed by atoms with Crippen LogP contribution in [0.3, 0.4) is 0 Å². The number of nitrogens with zero attached hydrogens (tertiary/aromatic N) is 4. The van der Waals surface area contributed by atoms with Gasteiger partial charge in [0.1, 0.15) is 5.69 Å². The number of anilines is 2. The second-order valence-electron chi connectivity index (χ2n) is 5.79. The Balaban J connectivity index is 1.77. The number of rotatable bonds is 4. The lowest BCUT2D eigenvalue weighted by atomic mass is 10.0. The van der Waals surface area contributed by atoms with E-state index in [1.165, 1.54) is 4.68 Å². The van der Waals surface area contributed by atoms with E-state index >= 15 is 0 Å². The van der Waals surface area contributed by atoms with Crippen LogP contribution in [0, 0.1) is 17.0 Å². The molecule has 8 nitrogen and oxygen atoms in total. The van der Waals surface area contributed by atoms with Crippen molar-refractivity contribution in [2.75, 3.05) is 23.3 Å². The van der Waals surface area contributed by atoms with Gasteiger partial charge in [0, 0.05) is 19.3 Å². The van der Waals surface area contributed by atoms with Crippen molar-refractivity contribution in [3.63, 3.8) is 0 Å². The van der Waals surface area contributed by atoms with E-state index in [-0.39, 0.29) is 24.0 Å². The molecule has 3 rings (SSSR count). The van der Waals surface area contributed by atoms with Gasteiger partial charge in [-0.25, -0.2) is 4.68 Å². The molecule has 0 aliphatic carbocycles. The van der Waals surface area contributed by atoms with Crippen LogP contribution in [-0.2, 0) is 18.3 Å². The molecule has 1 aliphatic rings. The zero-order valence-electron chi connectivity index (χ0n) is 13.7. The largest absolute Gasteiger partial charge is 0.355 e. The molecule has 0 spiro atoms. The van der Waals surface area contributed by atoms with Crippen molar-refractivity contribution in [1.82, 2.24) is 9.78 Å². The van der Waals surface area contributed by atoms with Crippen LogP contribution >= 0.6 is 0 Å². The van der Waals surface area contributed by atoms with Crippen molar-refractivity contribution < 1.29 is 9.72 Å². The molecule has 24 heavy (non-hydrogen) atoms. The number of aromatic nitrogens is 2. The first-order chi connectivity index (χ1) is 11.5. The summed E-state index contributed by atoms with van der Waals surface area (Å²) < 4.78 is 1.39. The van der Waals surface area contributed by atoms with E-state index in [9.17, 15) is 14.9 Å². The van der Waals surface area contributed by atoms with Gasteiger partial charge in [0.25, 0.3) is 0 Å². The molecule has 0 unspecified atom stereocenters. The summed E-state index contributed by atoms with van der Waals surface area (Å²) in [5, 5.41) is 18.1. The number of para-hydroxylation sites is 1. The summed E-state index contributed by atoms with van der Waals surface area (Å²) in [5.74, 6) is 0.131. The van der Waals surface area contributed by atoms with Crippen molar-refractivity contribution in [3.05, 3.63) is 45.6 Å². The summed E-state index contributed by atoms with van der Waals surface area (Å²) in [6.07, 6.45) is 1.87. The Kier molecular flexibility index (Phi) is 4.20. The highest BCUT2D eigenvalue weighted by Crippen LogP contribution is 2.29. The fraction of sp³-hybridized carbons (Fsp3) is 0.375. The van der Waals surface area contributed by atoms with E-state index in [4.69, 9.17) is 0 Å². The standard InChI is InChI=1S/C16H19N5O3/c1-11-15(21(23)24)16(19(2)18-11)17-10-14(22)20-9-5-7-12-6-3-4-8-13(12)20/h3-4,6,8,17H,5,7,9-10H2,1-2H3. The van der Waals surface area contributed by atoms with Crippen LogP contribution in [0.15, 0.2) is 24.3 Å². The zero-order valence-corrected chi connectivity index (χ0v) is 13.7. The van der Waals surface area contributed by atoms with Crippen molar-refractivity contribution in [2.24, 2.45) is 7.05 Å². The van der Waals surface area contributed by atoms with Gasteiger partial charge in [-0.15, -0.1) is 0 Å². The Morgan fingerprint density at radius 1 is 1.42 bits per heavy atom. The van der Waals surface area contributed by atoms with E-state index < -0.39 is 4.92 Å². The number of nitro groups is 1. The van der Waals surface area contributed by atoms with Crippen LogP contribution in [-0.4, -0.2) is 33.7 Å². The molecule has 1 aromatic carbocycles. The van der Waals surface area contributed by atoms with Gasteiger partial charge in [0.05, 0.1) is 11.5 Å². The fourth-order valence-electron chi connectivity index (χ4n) is 3.11. The summed E-state index contributed by atoms with van der Waals surface area (Å²) in [7, 11) is 1.61. The van der Waals surface area contributed by atoms with E-state index in [1.807, 2.05) is 24.3 Å². The first kappa shape index (κ1) is 16.0. The predicted octanol–water partition coefficient (Wildman–Crippen LogP) is 2.03. The smallest absolute Gasteiger partial charge is 0.333 e. The lowest BCUT2D eigenvalue weighted by Gasteiger charge is -2.29. The first-order valence-electron chi connectivity index (χ1n) is 7.79. The fourth-order valence-corrected chi connectivity index (χ4v) is 3.11. The highest BCUT2D eigenvalue weighted by Gasteiger charge is 2.26. The van der Waals surface area contributed by atoms with Gasteiger partial charge < -0.3 is 10.2 Å². The molecule has 0 atom stereocenters. The molecule has 1 aliphatic heterocycles. The Morgan fingerprint density at radius 2 is 2.17 bits per heavy atom. The SMILES string of the molecule is Cc1nn(C)c(NCC(=O)N2CCCc3ccccc32)c1[N+](=O)[O-]. The van der Waals surface area contributed by atoms with E-state index in [0.29, 0.717) is 12.2 Å². The van der Waals surface area contributed by atoms with Gasteiger partial charge in [0.2, 0.25) is 11.7 Å². The summed E-state index contributed by atoms with van der Waals surface area (Å²) in [6.45, 7) is 2.21. The number of carbonyl (C=O) groups excluding carboxylic acids is 1. The second kappa shape index (κ2) is 6.31. The lowest BCUT2D eigenvalue weighted by Crippen LogP contribution is -2.39. The van der Waals surface area contributed by atoms with Gasteiger partial charge in [-0.05, 0) is 31.4 Å². The van der Waals surface area contributed by atoms with Crippen molar-refractivity contribution in [2.45, 2.75) is 19.8 Å². The summed E-state index contributed by atoms with van der Waals surface area (Å²) in [4.78, 5) is 25.0. The Bertz CT molecular complexity index is 799. The Labute approximate surface area is 139 Å². The maximum atomic E-state index is 12.6. The third-order valence-corrected chi connectivity index (χ3v) is 4.19. The maximum absolute atomic E-state index is 12.6. The molecular formula is C16H19N5O3. The number of hydrogen-bond donors (Lipinski definition) is 1. The van der Waals surface area contributed by atoms with Crippen LogP contribution in [0.25, 0.3) is 0 Å². The molecule has 2 aromatic rings. The van der Waals surface area contributed by atoms with Gasteiger partial charge in [0.15, 0.2) is 0 Å². The van der Waals surface area contributed by atoms with Gasteiger partial charge in [-0.2, -0.15) is 5.10 Å². The predicted molar refractivity (Wildman–Crippen MR) is 90.2 cm³/mol. The minimum Gasteiger partial charge on any atom is -0.355 e. The second-order valence-corrected chi connectivity index (χ2v) is 5.79. The van der Waals surface area contributed by atoms with Crippen molar-refractivity contribution >= 4 is 23.1 Å². The Hall–Kier alpha value is -2.90. The maximum Gasteiger partial charge on any atom is 0.333 e. The average Bonchev–Trinajstić information content (AvgIpc) is 2.85. The molecule has 0 saturated heterocycles. The summed E-state index contributed by atoms with van der Waals surface area (Å²) in [6, 6.07) is 7.83. The zero-order chi connectivity index (χ0) is 17.3. The molecule has 0 bridgehead atoms. The first-order valence-corrected chi connectivity index (χ1v) is 7.79. The molecule has 1 amide bonds. The molecule has 0 radical (unpaired) electrons. The number of fused-ring (bicyclic) bond motifs is 1. The van der Waals surface area contributed by atoms with Crippen LogP contribution in [0.2, 0.25) is 0 Å². The van der Waals surface area contributed by atoms with Gasteiger partial charge in [-0.3, -0.25) is 14.9 Å². The number of carbonyl (C=O) groups is 1. The molecule has 1 N–H and O–H groups in total. The monoisotopic (exact) mass is 329 g/mol. The third kappa shape index (κ3) is 2.82. The normalized spacial score (nSPS) is 13.5. The van der Waals surface area contributed by atoms with Gasteiger partial charge >= 0.3 is 5.69 Å². The quantitative estimate of drug-likeness (QED) is 0.684. The Morgan fingerprint density at radius 3 is 2.92 bits per heavy atom. The molecule has 126 valence electrons. The number of aryl methyl sites for hydroxylation is 3. The van der Waals surface area contributed by atoms with E-state index in [1.54, 1.807) is 18.9 Å². The highest BCUT2D eigenvalue weighted by molar-refractivity contribution is 5.97.